The average Bonchev–Trinajstić information content (AvgIpc) is 3.34. The van der Waals surface area contributed by atoms with Gasteiger partial charge in [-0.2, -0.15) is 4.68 Å². The van der Waals surface area contributed by atoms with Gasteiger partial charge in [0.25, 0.3) is 0 Å². The first-order chi connectivity index (χ1) is 11.9. The highest BCUT2D eigenvalue weighted by atomic mass is 32.1. The van der Waals surface area contributed by atoms with Gasteiger partial charge in [-0.1, -0.05) is 18.2 Å². The molecule has 1 saturated heterocycles. The smallest absolute Gasteiger partial charge is 0.238 e. The number of ether oxygens (including phenoxy) is 1. The van der Waals surface area contributed by atoms with E-state index < -0.39 is 6.23 Å². The fourth-order valence-electron chi connectivity index (χ4n) is 2.82. The van der Waals surface area contributed by atoms with Crippen LogP contribution in [0.2, 0.25) is 0 Å². The van der Waals surface area contributed by atoms with Gasteiger partial charge in [-0.3, -0.25) is 0 Å². The third kappa shape index (κ3) is 3.29. The molecule has 8 heteroatoms. The minimum atomic E-state index is -0.469. The topological polar surface area (TPSA) is 77.8 Å². The number of para-hydroxylation sites is 1. The molecule has 4 rings (SSSR count). The van der Waals surface area contributed by atoms with Gasteiger partial charge in [0.1, 0.15) is 17.8 Å². The first-order valence-electron chi connectivity index (χ1n) is 8.00. The zero-order chi connectivity index (χ0) is 16.2. The van der Waals surface area contributed by atoms with E-state index in [2.05, 4.69) is 20.8 Å². The minimum absolute atomic E-state index is 0.469. The van der Waals surface area contributed by atoms with Crippen LogP contribution in [0.25, 0.3) is 0 Å². The van der Waals surface area contributed by atoms with Crippen molar-refractivity contribution < 1.29 is 4.74 Å². The Balaban J connectivity index is 1.60. The quantitative estimate of drug-likeness (QED) is 0.766. The van der Waals surface area contributed by atoms with Crippen LogP contribution in [0.5, 0.6) is 5.75 Å². The molecule has 3 aromatic rings. The molecule has 124 valence electrons. The van der Waals surface area contributed by atoms with Gasteiger partial charge in [-0.25, -0.2) is 4.98 Å². The number of nitrogens with one attached hydrogen (secondary N) is 1. The summed E-state index contributed by atoms with van der Waals surface area (Å²) in [4.78, 5) is 4.82. The predicted molar refractivity (Wildman–Crippen MR) is 90.0 cm³/mol. The molecule has 1 aliphatic rings. The summed E-state index contributed by atoms with van der Waals surface area (Å²) in [5.41, 5.74) is 0.830. The predicted octanol–water partition coefficient (Wildman–Crippen LogP) is 2.22. The second-order valence-corrected chi connectivity index (χ2v) is 6.62. The Morgan fingerprint density at radius 2 is 2.21 bits per heavy atom. The van der Waals surface area contributed by atoms with Crippen LogP contribution < -0.4 is 10.1 Å². The second kappa shape index (κ2) is 7.06. The Morgan fingerprint density at radius 3 is 2.96 bits per heavy atom. The van der Waals surface area contributed by atoms with Crippen LogP contribution in [0.1, 0.15) is 35.7 Å². The van der Waals surface area contributed by atoms with Gasteiger partial charge in [0.05, 0.1) is 5.01 Å². The lowest BCUT2D eigenvalue weighted by Gasteiger charge is -2.20. The number of nitrogens with zero attached hydrogens (tertiary/aromatic N) is 5. The molecule has 24 heavy (non-hydrogen) atoms. The van der Waals surface area contributed by atoms with Gasteiger partial charge in [-0.05, 0) is 41.9 Å². The van der Waals surface area contributed by atoms with Crippen LogP contribution in [-0.2, 0) is 0 Å². The number of hydrogen-bond donors (Lipinski definition) is 1. The number of benzene rings is 1. The van der Waals surface area contributed by atoms with Gasteiger partial charge in [0.2, 0.25) is 6.23 Å². The van der Waals surface area contributed by atoms with E-state index in [1.165, 1.54) is 12.8 Å². The van der Waals surface area contributed by atoms with E-state index in [1.54, 1.807) is 22.3 Å². The summed E-state index contributed by atoms with van der Waals surface area (Å²) in [5, 5.41) is 18.1. The first kappa shape index (κ1) is 15.2. The van der Waals surface area contributed by atoms with Gasteiger partial charge in [-0.15, -0.1) is 16.4 Å². The van der Waals surface area contributed by atoms with Gasteiger partial charge in [0.15, 0.2) is 0 Å². The number of rotatable bonds is 5. The molecule has 0 spiro atoms. The lowest BCUT2D eigenvalue weighted by Crippen LogP contribution is -2.28. The summed E-state index contributed by atoms with van der Waals surface area (Å²) in [5.74, 6) is 1.23. The van der Waals surface area contributed by atoms with E-state index in [0.717, 1.165) is 29.5 Å². The van der Waals surface area contributed by atoms with Crippen molar-refractivity contribution in [3.63, 3.8) is 0 Å². The minimum Gasteiger partial charge on any atom is -0.463 e. The fraction of sp³-hybridized carbons (Fsp3) is 0.375. The van der Waals surface area contributed by atoms with Gasteiger partial charge in [0, 0.05) is 17.8 Å². The Bertz CT molecular complexity index is 754. The molecule has 0 bridgehead atoms. The van der Waals surface area contributed by atoms with Crippen molar-refractivity contribution in [3.8, 4) is 5.75 Å². The molecule has 3 heterocycles. The van der Waals surface area contributed by atoms with Crippen LogP contribution in [0, 0.1) is 0 Å². The van der Waals surface area contributed by atoms with E-state index in [4.69, 9.17) is 9.72 Å². The van der Waals surface area contributed by atoms with Crippen molar-refractivity contribution in [2.24, 2.45) is 0 Å². The summed E-state index contributed by atoms with van der Waals surface area (Å²) in [6.07, 6.45) is 3.45. The largest absolute Gasteiger partial charge is 0.463 e. The molecule has 2 atom stereocenters. The summed E-state index contributed by atoms with van der Waals surface area (Å²) >= 11 is 1.68. The van der Waals surface area contributed by atoms with Crippen LogP contribution in [-0.4, -0.2) is 38.3 Å². The van der Waals surface area contributed by atoms with E-state index >= 15 is 0 Å². The molecule has 0 aliphatic carbocycles. The summed E-state index contributed by atoms with van der Waals surface area (Å²) in [6, 6.07) is 9.65. The Labute approximate surface area is 143 Å². The zero-order valence-corrected chi connectivity index (χ0v) is 13.9. The molecule has 1 aliphatic heterocycles. The fourth-order valence-corrected chi connectivity index (χ4v) is 3.78. The summed E-state index contributed by atoms with van der Waals surface area (Å²) in [6.45, 7) is 2.08. The monoisotopic (exact) mass is 342 g/mol. The van der Waals surface area contributed by atoms with Gasteiger partial charge >= 0.3 is 0 Å². The second-order valence-electron chi connectivity index (χ2n) is 5.73. The molecule has 0 saturated carbocycles. The highest BCUT2D eigenvalue weighted by Crippen LogP contribution is 2.30. The van der Waals surface area contributed by atoms with Crippen molar-refractivity contribution in [3.05, 3.63) is 52.7 Å². The molecular formula is C16H18N6OS. The Hall–Kier alpha value is -2.32. The van der Waals surface area contributed by atoms with Crippen molar-refractivity contribution in [2.45, 2.75) is 25.0 Å². The van der Waals surface area contributed by atoms with Crippen LogP contribution in [0.15, 0.2) is 42.0 Å². The summed E-state index contributed by atoms with van der Waals surface area (Å²) < 4.78 is 7.68. The standard InChI is InChI=1S/C16H18N6OS/c1-2-6-13(7-3-1)23-16(22-11-18-20-21-22)14-10-24-15(19-14)12-5-4-8-17-9-12/h1-3,6-7,10-12,16-17H,4-5,8-9H2. The molecule has 1 fully saturated rings. The third-order valence-corrected chi connectivity index (χ3v) is 5.06. The number of aromatic nitrogens is 5. The maximum Gasteiger partial charge on any atom is 0.238 e. The molecule has 1 aromatic carbocycles. The van der Waals surface area contributed by atoms with Crippen molar-refractivity contribution in [1.82, 2.24) is 30.5 Å². The number of piperidine rings is 1. The van der Waals surface area contributed by atoms with Gasteiger partial charge < -0.3 is 10.1 Å². The average molecular weight is 342 g/mol. The maximum absolute atomic E-state index is 6.09. The number of thiazole rings is 1. The lowest BCUT2D eigenvalue weighted by atomic mass is 10.0. The van der Waals surface area contributed by atoms with E-state index in [-0.39, 0.29) is 0 Å². The third-order valence-electron chi connectivity index (χ3n) is 4.03. The molecule has 7 nitrogen and oxygen atoms in total. The number of hydrogen-bond acceptors (Lipinski definition) is 7. The van der Waals surface area contributed by atoms with Crippen LogP contribution in [0.4, 0.5) is 0 Å². The lowest BCUT2D eigenvalue weighted by molar-refractivity contribution is 0.152. The first-order valence-corrected chi connectivity index (χ1v) is 8.88. The van der Waals surface area contributed by atoms with E-state index in [9.17, 15) is 0 Å². The highest BCUT2D eigenvalue weighted by molar-refractivity contribution is 7.09. The molecule has 0 radical (unpaired) electrons. The van der Waals surface area contributed by atoms with Crippen molar-refractivity contribution in [2.75, 3.05) is 13.1 Å². The Kier molecular flexibility index (Phi) is 4.48. The summed E-state index contributed by atoms with van der Waals surface area (Å²) in [7, 11) is 0. The zero-order valence-electron chi connectivity index (χ0n) is 13.1. The number of tetrazole rings is 1. The molecule has 2 unspecified atom stereocenters. The molecule has 1 N–H and O–H groups in total. The Morgan fingerprint density at radius 1 is 1.29 bits per heavy atom. The normalized spacial score (nSPS) is 19.1. The highest BCUT2D eigenvalue weighted by Gasteiger charge is 2.24. The molecular weight excluding hydrogens is 324 g/mol. The van der Waals surface area contributed by atoms with E-state index in [1.807, 2.05) is 35.7 Å². The van der Waals surface area contributed by atoms with Crippen LogP contribution in [0.3, 0.4) is 0 Å². The van der Waals surface area contributed by atoms with Crippen molar-refractivity contribution >= 4 is 11.3 Å². The van der Waals surface area contributed by atoms with Crippen LogP contribution >= 0.6 is 11.3 Å². The van der Waals surface area contributed by atoms with Crippen molar-refractivity contribution in [1.29, 1.82) is 0 Å². The SMILES string of the molecule is c1ccc(OC(c2csc(C3CCCNC3)n2)n2cnnn2)cc1. The molecule has 2 aromatic heterocycles. The molecule has 0 amide bonds. The van der Waals surface area contributed by atoms with E-state index in [0.29, 0.717) is 5.92 Å². The maximum atomic E-state index is 6.09.